The molecule has 0 atom stereocenters. The minimum absolute atomic E-state index is 0.0402. The highest BCUT2D eigenvalue weighted by atomic mass is 32.2. The van der Waals surface area contributed by atoms with E-state index in [1.807, 2.05) is 24.3 Å². The topological polar surface area (TPSA) is 101 Å². The second kappa shape index (κ2) is 9.00. The van der Waals surface area contributed by atoms with Gasteiger partial charge in [-0.05, 0) is 60.7 Å². The Labute approximate surface area is 188 Å². The summed E-state index contributed by atoms with van der Waals surface area (Å²) in [6.07, 6.45) is 3.17. The van der Waals surface area contributed by atoms with Crippen LogP contribution >= 0.6 is 0 Å². The number of benzene rings is 2. The third-order valence-electron chi connectivity index (χ3n) is 5.02. The summed E-state index contributed by atoms with van der Waals surface area (Å²) >= 11 is 0. The van der Waals surface area contributed by atoms with Crippen molar-refractivity contribution in [3.05, 3.63) is 77.0 Å². The summed E-state index contributed by atoms with van der Waals surface area (Å²) in [5.74, 6) is -0.230. The first-order chi connectivity index (χ1) is 15.0. The van der Waals surface area contributed by atoms with E-state index in [4.69, 9.17) is 4.52 Å². The van der Waals surface area contributed by atoms with E-state index in [1.54, 1.807) is 19.9 Å². The molecule has 2 N–H and O–H groups in total. The molecule has 2 aromatic carbocycles. The van der Waals surface area contributed by atoms with E-state index >= 15 is 0 Å². The summed E-state index contributed by atoms with van der Waals surface area (Å²) in [7, 11) is -3.84. The molecule has 8 heteroatoms. The Morgan fingerprint density at radius 3 is 2.16 bits per heavy atom. The number of carbonyl (C=O) groups is 1. The number of hydrogen-bond acceptors (Lipinski definition) is 5. The Bertz CT molecular complexity index is 1230. The number of aromatic nitrogens is 1. The highest BCUT2D eigenvalue weighted by molar-refractivity contribution is 7.92. The van der Waals surface area contributed by atoms with Crippen molar-refractivity contribution < 1.29 is 17.7 Å². The zero-order chi connectivity index (χ0) is 23.5. The lowest BCUT2D eigenvalue weighted by molar-refractivity contribution is -0.111. The van der Waals surface area contributed by atoms with E-state index < -0.39 is 10.0 Å². The summed E-state index contributed by atoms with van der Waals surface area (Å²) < 4.78 is 32.5. The van der Waals surface area contributed by atoms with E-state index in [1.165, 1.54) is 35.9 Å². The maximum absolute atomic E-state index is 12.5. The molecule has 3 aromatic rings. The van der Waals surface area contributed by atoms with Gasteiger partial charge in [0.1, 0.15) is 0 Å². The molecule has 0 spiro atoms. The molecule has 0 saturated heterocycles. The molecule has 0 fully saturated rings. The van der Waals surface area contributed by atoms with Crippen LogP contribution < -0.4 is 10.0 Å². The number of sulfonamides is 1. The smallest absolute Gasteiger partial charge is 0.264 e. The average Bonchev–Trinajstić information content (AvgIpc) is 3.04. The Hall–Kier alpha value is -3.39. The highest BCUT2D eigenvalue weighted by Gasteiger charge is 2.19. The molecule has 0 unspecified atom stereocenters. The van der Waals surface area contributed by atoms with Crippen LogP contribution in [0.3, 0.4) is 0 Å². The Morgan fingerprint density at radius 2 is 1.62 bits per heavy atom. The molecule has 0 aliphatic carbocycles. The fraction of sp³-hybridized carbons (Fsp3) is 0.250. The van der Waals surface area contributed by atoms with Crippen LogP contribution in [0.2, 0.25) is 0 Å². The molecule has 1 aromatic heterocycles. The number of hydrogen-bond donors (Lipinski definition) is 2. The molecule has 0 saturated carbocycles. The van der Waals surface area contributed by atoms with Gasteiger partial charge in [0.25, 0.3) is 10.0 Å². The number of rotatable bonds is 6. The molecule has 7 nitrogen and oxygen atoms in total. The Balaban J connectivity index is 1.63. The number of anilines is 2. The Kier molecular flexibility index (Phi) is 6.55. The maximum Gasteiger partial charge on any atom is 0.264 e. The first-order valence-electron chi connectivity index (χ1n) is 10.1. The minimum atomic E-state index is -3.84. The molecule has 3 rings (SSSR count). The van der Waals surface area contributed by atoms with Gasteiger partial charge in [-0.3, -0.25) is 4.79 Å². The van der Waals surface area contributed by atoms with Crippen molar-refractivity contribution in [1.29, 1.82) is 0 Å². The summed E-state index contributed by atoms with van der Waals surface area (Å²) in [6.45, 7) is 9.88. The Morgan fingerprint density at radius 1 is 1.00 bits per heavy atom. The van der Waals surface area contributed by atoms with Crippen LogP contribution in [0, 0.1) is 13.8 Å². The van der Waals surface area contributed by atoms with Crippen molar-refractivity contribution in [2.75, 3.05) is 10.0 Å². The van der Waals surface area contributed by atoms with Gasteiger partial charge in [-0.25, -0.2) is 13.1 Å². The van der Waals surface area contributed by atoms with Gasteiger partial charge in [-0.15, -0.1) is 0 Å². The molecule has 0 radical (unpaired) electrons. The second-order valence-corrected chi connectivity index (χ2v) is 10.2. The van der Waals surface area contributed by atoms with Gasteiger partial charge >= 0.3 is 0 Å². The number of nitrogens with one attached hydrogen (secondary N) is 2. The van der Waals surface area contributed by atoms with Crippen LogP contribution in [0.1, 0.15) is 43.2 Å². The fourth-order valence-corrected chi connectivity index (χ4v) is 3.91. The quantitative estimate of drug-likeness (QED) is 0.509. The molecule has 1 amide bonds. The SMILES string of the molecule is Cc1noc(NS(=O)(=O)c2ccc(NC(=O)/C=C/c3ccc(C(C)(C)C)cc3)cc2)c1C. The van der Waals surface area contributed by atoms with Gasteiger partial charge in [0.05, 0.1) is 10.6 Å². The number of amides is 1. The summed E-state index contributed by atoms with van der Waals surface area (Å²) in [5.41, 5.74) is 3.92. The molecule has 168 valence electrons. The van der Waals surface area contributed by atoms with Gasteiger partial charge in [-0.2, -0.15) is 0 Å². The lowest BCUT2D eigenvalue weighted by Gasteiger charge is -2.18. The van der Waals surface area contributed by atoms with Crippen molar-refractivity contribution in [2.45, 2.75) is 44.9 Å². The van der Waals surface area contributed by atoms with Gasteiger partial charge < -0.3 is 9.84 Å². The van der Waals surface area contributed by atoms with E-state index in [0.717, 1.165) is 5.56 Å². The van der Waals surface area contributed by atoms with Gasteiger partial charge in [-0.1, -0.05) is 50.2 Å². The average molecular weight is 454 g/mol. The van der Waals surface area contributed by atoms with Crippen LogP contribution in [0.4, 0.5) is 11.6 Å². The molecule has 0 aliphatic heterocycles. The molecular formula is C24H27N3O4S. The standard InChI is InChI=1S/C24H27N3O4S/c1-16-17(2)26-31-23(16)27-32(29,30)21-13-11-20(12-14-21)25-22(28)15-8-18-6-9-19(10-7-18)24(3,4)5/h6-15,27H,1-5H3,(H,25,28)/b15-8+. The van der Waals surface area contributed by atoms with Crippen molar-refractivity contribution in [2.24, 2.45) is 0 Å². The monoisotopic (exact) mass is 453 g/mol. The number of carbonyl (C=O) groups excluding carboxylic acids is 1. The number of nitrogens with zero attached hydrogens (tertiary/aromatic N) is 1. The maximum atomic E-state index is 12.5. The van der Waals surface area contributed by atoms with Crippen LogP contribution in [-0.4, -0.2) is 19.5 Å². The molecular weight excluding hydrogens is 426 g/mol. The van der Waals surface area contributed by atoms with Crippen LogP contribution in [0.25, 0.3) is 6.08 Å². The predicted molar refractivity (Wildman–Crippen MR) is 126 cm³/mol. The van der Waals surface area contributed by atoms with Crippen molar-refractivity contribution in [3.63, 3.8) is 0 Å². The fourth-order valence-electron chi connectivity index (χ4n) is 2.86. The second-order valence-electron chi connectivity index (χ2n) is 8.55. The van der Waals surface area contributed by atoms with Gasteiger partial charge in [0.15, 0.2) is 0 Å². The predicted octanol–water partition coefficient (Wildman–Crippen LogP) is 5.04. The molecule has 32 heavy (non-hydrogen) atoms. The molecule has 1 heterocycles. The van der Waals surface area contributed by atoms with E-state index in [0.29, 0.717) is 16.9 Å². The van der Waals surface area contributed by atoms with Crippen LogP contribution in [-0.2, 0) is 20.2 Å². The zero-order valence-electron chi connectivity index (χ0n) is 18.8. The third kappa shape index (κ3) is 5.64. The van der Waals surface area contributed by atoms with Crippen LogP contribution in [0.5, 0.6) is 0 Å². The third-order valence-corrected chi connectivity index (χ3v) is 6.37. The van der Waals surface area contributed by atoms with E-state index in [-0.39, 0.29) is 22.1 Å². The largest absolute Gasteiger partial charge is 0.337 e. The minimum Gasteiger partial charge on any atom is -0.337 e. The highest BCUT2D eigenvalue weighted by Crippen LogP contribution is 2.23. The lowest BCUT2D eigenvalue weighted by atomic mass is 9.87. The van der Waals surface area contributed by atoms with Crippen molar-refractivity contribution in [3.8, 4) is 0 Å². The molecule has 0 aliphatic rings. The summed E-state index contributed by atoms with van der Waals surface area (Å²) in [4.78, 5) is 12.3. The van der Waals surface area contributed by atoms with Gasteiger partial charge in [0.2, 0.25) is 11.8 Å². The van der Waals surface area contributed by atoms with E-state index in [9.17, 15) is 13.2 Å². The van der Waals surface area contributed by atoms with Crippen LogP contribution in [0.15, 0.2) is 64.0 Å². The number of aryl methyl sites for hydroxylation is 1. The van der Waals surface area contributed by atoms with E-state index in [2.05, 4.69) is 36.0 Å². The normalized spacial score (nSPS) is 12.2. The van der Waals surface area contributed by atoms with Crippen molar-refractivity contribution in [1.82, 2.24) is 5.16 Å². The first-order valence-corrected chi connectivity index (χ1v) is 11.6. The molecule has 0 bridgehead atoms. The lowest BCUT2D eigenvalue weighted by Crippen LogP contribution is -2.13. The summed E-state index contributed by atoms with van der Waals surface area (Å²) in [5, 5.41) is 6.46. The van der Waals surface area contributed by atoms with Gasteiger partial charge in [0, 0.05) is 17.3 Å². The first kappa shape index (κ1) is 23.3. The zero-order valence-corrected chi connectivity index (χ0v) is 19.6. The summed E-state index contributed by atoms with van der Waals surface area (Å²) in [6, 6.07) is 13.9. The van der Waals surface area contributed by atoms with Crippen molar-refractivity contribution >= 4 is 33.6 Å².